The second-order valence-corrected chi connectivity index (χ2v) is 8.39. The van der Waals surface area contributed by atoms with Crippen LogP contribution in [0.25, 0.3) is 0 Å². The molecule has 1 aliphatic heterocycles. The maximum absolute atomic E-state index is 12.6. The minimum Gasteiger partial charge on any atom is -0.325 e. The average Bonchev–Trinajstić information content (AvgIpc) is 3.33. The lowest BCUT2D eigenvalue weighted by molar-refractivity contribution is -0.119. The first-order valence-electron chi connectivity index (χ1n) is 9.53. The molecule has 0 unspecified atom stereocenters. The van der Waals surface area contributed by atoms with Crippen LogP contribution in [0.5, 0.6) is 0 Å². The highest BCUT2D eigenvalue weighted by Crippen LogP contribution is 2.44. The van der Waals surface area contributed by atoms with Gasteiger partial charge in [0.2, 0.25) is 11.8 Å². The van der Waals surface area contributed by atoms with Crippen molar-refractivity contribution in [2.45, 2.75) is 38.0 Å². The predicted molar refractivity (Wildman–Crippen MR) is 111 cm³/mol. The number of nitrogens with one attached hydrogen (secondary N) is 1. The van der Waals surface area contributed by atoms with Crippen LogP contribution in [0.2, 0.25) is 0 Å². The topological polar surface area (TPSA) is 49.4 Å². The van der Waals surface area contributed by atoms with Gasteiger partial charge in [-0.15, -0.1) is 11.8 Å². The fraction of sp³-hybridized carbons (Fsp3) is 0.364. The lowest BCUT2D eigenvalue weighted by Crippen LogP contribution is -2.29. The van der Waals surface area contributed by atoms with E-state index in [-0.39, 0.29) is 23.1 Å². The van der Waals surface area contributed by atoms with Gasteiger partial charge in [0.05, 0.1) is 5.75 Å². The van der Waals surface area contributed by atoms with E-state index in [1.54, 1.807) is 11.8 Å². The zero-order chi connectivity index (χ0) is 18.8. The molecule has 2 aromatic rings. The summed E-state index contributed by atoms with van der Waals surface area (Å²) < 4.78 is 0. The summed E-state index contributed by atoms with van der Waals surface area (Å²) in [6.07, 6.45) is 4.21. The maximum atomic E-state index is 12.6. The molecule has 4 nitrogen and oxygen atoms in total. The molecule has 140 valence electrons. The molecule has 1 saturated heterocycles. The van der Waals surface area contributed by atoms with E-state index < -0.39 is 0 Å². The molecule has 0 radical (unpaired) electrons. The number of amides is 2. The van der Waals surface area contributed by atoms with Crippen LogP contribution >= 0.6 is 11.8 Å². The SMILES string of the molecule is Cc1ccc(N2C(=O)CS[C@@H]2c2ccccc2NC(=O)C2CCCC2)cc1. The smallest absolute Gasteiger partial charge is 0.238 e. The highest BCUT2D eigenvalue weighted by molar-refractivity contribution is 8.00. The predicted octanol–water partition coefficient (Wildman–Crippen LogP) is 4.90. The summed E-state index contributed by atoms with van der Waals surface area (Å²) in [7, 11) is 0. The summed E-state index contributed by atoms with van der Waals surface area (Å²) in [5.41, 5.74) is 3.87. The van der Waals surface area contributed by atoms with Crippen LogP contribution in [0.15, 0.2) is 48.5 Å². The first-order chi connectivity index (χ1) is 13.1. The standard InChI is InChI=1S/C22H24N2O2S/c1-15-10-12-17(13-11-15)24-20(25)14-27-22(24)18-8-4-5-9-19(18)23-21(26)16-6-2-3-7-16/h4-5,8-13,16,22H,2-3,6-7,14H2,1H3,(H,23,26)/t22-/m1/s1. The Labute approximate surface area is 164 Å². The van der Waals surface area contributed by atoms with Crippen LogP contribution in [-0.2, 0) is 9.59 Å². The molecule has 2 amide bonds. The third-order valence-electron chi connectivity index (χ3n) is 5.39. The monoisotopic (exact) mass is 380 g/mol. The number of hydrogen-bond acceptors (Lipinski definition) is 3. The van der Waals surface area contributed by atoms with Crippen molar-refractivity contribution in [2.24, 2.45) is 5.92 Å². The van der Waals surface area contributed by atoms with Gasteiger partial charge in [0.1, 0.15) is 5.37 Å². The minimum atomic E-state index is -0.125. The molecule has 1 atom stereocenters. The molecular formula is C22H24N2O2S. The van der Waals surface area contributed by atoms with Crippen molar-refractivity contribution in [3.05, 3.63) is 59.7 Å². The molecule has 2 aliphatic rings. The highest BCUT2D eigenvalue weighted by Gasteiger charge is 2.35. The number of carbonyl (C=O) groups excluding carboxylic acids is 2. The Morgan fingerprint density at radius 2 is 1.78 bits per heavy atom. The summed E-state index contributed by atoms with van der Waals surface area (Å²) >= 11 is 1.61. The normalized spacial score (nSPS) is 20.3. The first kappa shape index (κ1) is 18.1. The van der Waals surface area contributed by atoms with Crippen molar-refractivity contribution in [2.75, 3.05) is 16.0 Å². The summed E-state index contributed by atoms with van der Waals surface area (Å²) in [5, 5.41) is 3.01. The number of para-hydroxylation sites is 1. The second kappa shape index (κ2) is 7.77. The Hall–Kier alpha value is -2.27. The van der Waals surface area contributed by atoms with Gasteiger partial charge in [-0.3, -0.25) is 14.5 Å². The van der Waals surface area contributed by atoms with Gasteiger partial charge in [0.25, 0.3) is 0 Å². The maximum Gasteiger partial charge on any atom is 0.238 e. The number of benzene rings is 2. The first-order valence-corrected chi connectivity index (χ1v) is 10.6. The summed E-state index contributed by atoms with van der Waals surface area (Å²) in [6.45, 7) is 2.04. The number of anilines is 2. The van der Waals surface area contributed by atoms with E-state index in [1.807, 2.05) is 60.4 Å². The van der Waals surface area contributed by atoms with Crippen molar-refractivity contribution in [3.63, 3.8) is 0 Å². The molecule has 5 heteroatoms. The second-order valence-electron chi connectivity index (χ2n) is 7.32. The van der Waals surface area contributed by atoms with Crippen LogP contribution < -0.4 is 10.2 Å². The molecule has 2 fully saturated rings. The summed E-state index contributed by atoms with van der Waals surface area (Å²) in [5.74, 6) is 0.773. The fourth-order valence-electron chi connectivity index (χ4n) is 3.89. The van der Waals surface area contributed by atoms with Gasteiger partial charge in [0, 0.05) is 22.9 Å². The van der Waals surface area contributed by atoms with Crippen molar-refractivity contribution in [1.82, 2.24) is 0 Å². The number of carbonyl (C=O) groups is 2. The Morgan fingerprint density at radius 3 is 2.52 bits per heavy atom. The van der Waals surface area contributed by atoms with Gasteiger partial charge in [-0.25, -0.2) is 0 Å². The van der Waals surface area contributed by atoms with Gasteiger partial charge in [-0.1, -0.05) is 48.7 Å². The molecule has 2 aromatic carbocycles. The Balaban J connectivity index is 1.62. The van der Waals surface area contributed by atoms with Gasteiger partial charge < -0.3 is 5.32 Å². The fourth-order valence-corrected chi connectivity index (χ4v) is 5.10. The third-order valence-corrected chi connectivity index (χ3v) is 6.58. The third kappa shape index (κ3) is 3.74. The quantitative estimate of drug-likeness (QED) is 0.820. The highest BCUT2D eigenvalue weighted by atomic mass is 32.2. The van der Waals surface area contributed by atoms with Gasteiger partial charge in [0.15, 0.2) is 0 Å². The summed E-state index contributed by atoms with van der Waals surface area (Å²) in [6, 6.07) is 15.9. The van der Waals surface area contributed by atoms with E-state index >= 15 is 0 Å². The molecule has 27 heavy (non-hydrogen) atoms. The molecule has 4 rings (SSSR count). The van der Waals surface area contributed by atoms with Gasteiger partial charge in [-0.2, -0.15) is 0 Å². The van der Waals surface area contributed by atoms with Crippen molar-refractivity contribution in [1.29, 1.82) is 0 Å². The van der Waals surface area contributed by atoms with E-state index in [2.05, 4.69) is 5.32 Å². The van der Waals surface area contributed by atoms with Crippen LogP contribution in [0, 0.1) is 12.8 Å². The molecule has 0 spiro atoms. The van der Waals surface area contributed by atoms with Crippen LogP contribution in [-0.4, -0.2) is 17.6 Å². The average molecular weight is 381 g/mol. The largest absolute Gasteiger partial charge is 0.325 e. The van der Waals surface area contributed by atoms with E-state index in [1.165, 1.54) is 5.56 Å². The Morgan fingerprint density at radius 1 is 1.07 bits per heavy atom. The van der Waals surface area contributed by atoms with Gasteiger partial charge >= 0.3 is 0 Å². The number of rotatable bonds is 4. The van der Waals surface area contributed by atoms with Crippen molar-refractivity contribution in [3.8, 4) is 0 Å². The molecule has 1 heterocycles. The molecular weight excluding hydrogens is 356 g/mol. The molecule has 1 saturated carbocycles. The van der Waals surface area contributed by atoms with Crippen LogP contribution in [0.3, 0.4) is 0 Å². The molecule has 1 aliphatic carbocycles. The van der Waals surface area contributed by atoms with Crippen LogP contribution in [0.1, 0.15) is 42.2 Å². The zero-order valence-electron chi connectivity index (χ0n) is 15.5. The van der Waals surface area contributed by atoms with E-state index in [0.29, 0.717) is 5.75 Å². The molecule has 0 aromatic heterocycles. The van der Waals surface area contributed by atoms with Crippen LogP contribution in [0.4, 0.5) is 11.4 Å². The molecule has 1 N–H and O–H groups in total. The number of thioether (sulfide) groups is 1. The van der Waals surface area contributed by atoms with Crippen molar-refractivity contribution < 1.29 is 9.59 Å². The lowest BCUT2D eigenvalue weighted by atomic mass is 10.1. The lowest BCUT2D eigenvalue weighted by Gasteiger charge is -2.26. The van der Waals surface area contributed by atoms with Gasteiger partial charge in [-0.05, 0) is 38.0 Å². The Kier molecular flexibility index (Phi) is 5.21. The number of hydrogen-bond donors (Lipinski definition) is 1. The molecule has 0 bridgehead atoms. The minimum absolute atomic E-state index is 0.103. The van der Waals surface area contributed by atoms with Crippen molar-refractivity contribution >= 4 is 35.0 Å². The van der Waals surface area contributed by atoms with E-state index in [0.717, 1.165) is 42.6 Å². The van der Waals surface area contributed by atoms with E-state index in [4.69, 9.17) is 0 Å². The van der Waals surface area contributed by atoms with E-state index in [9.17, 15) is 9.59 Å². The Bertz CT molecular complexity index is 844. The zero-order valence-corrected chi connectivity index (χ0v) is 16.3. The summed E-state index contributed by atoms with van der Waals surface area (Å²) in [4.78, 5) is 27.1. The number of aryl methyl sites for hydroxylation is 1. The number of nitrogens with zero attached hydrogens (tertiary/aromatic N) is 1.